The molecule has 0 spiro atoms. The van der Waals surface area contributed by atoms with E-state index in [1.165, 1.54) is 0 Å². The Balaban J connectivity index is 2.49. The summed E-state index contributed by atoms with van der Waals surface area (Å²) >= 11 is 11.8. The normalized spacial score (nSPS) is 10.1. The van der Waals surface area contributed by atoms with Crippen molar-refractivity contribution in [2.24, 2.45) is 0 Å². The molecule has 0 nitrogen and oxygen atoms in total. The Bertz CT molecular complexity index is 406. The van der Waals surface area contributed by atoms with Crippen LogP contribution < -0.4 is 0 Å². The van der Waals surface area contributed by atoms with Crippen molar-refractivity contribution in [2.75, 3.05) is 0 Å². The maximum absolute atomic E-state index is 5.90. The molecule has 0 saturated heterocycles. The Labute approximate surface area is 93.1 Å². The zero-order chi connectivity index (χ0) is 9.97. The van der Waals surface area contributed by atoms with Gasteiger partial charge in [0.25, 0.3) is 0 Å². The summed E-state index contributed by atoms with van der Waals surface area (Å²) < 4.78 is 0. The second-order valence-electron chi connectivity index (χ2n) is 3.02. The molecule has 70 valence electrons. The monoisotopic (exact) mass is 234 g/mol. The van der Waals surface area contributed by atoms with Crippen LogP contribution in [0.25, 0.3) is 11.1 Å². The summed E-state index contributed by atoms with van der Waals surface area (Å²) in [4.78, 5) is 0. The van der Waals surface area contributed by atoms with E-state index in [0.717, 1.165) is 21.2 Å². The van der Waals surface area contributed by atoms with E-state index < -0.39 is 0 Å². The molecule has 0 aromatic heterocycles. The first-order chi connectivity index (χ1) is 6.75. The third kappa shape index (κ3) is 2.09. The quantitative estimate of drug-likeness (QED) is 0.674. The fourth-order valence-electron chi connectivity index (χ4n) is 1.34. The van der Waals surface area contributed by atoms with Crippen molar-refractivity contribution in [3.63, 3.8) is 0 Å². The van der Waals surface area contributed by atoms with E-state index in [0.29, 0.717) is 0 Å². The van der Waals surface area contributed by atoms with Crippen molar-refractivity contribution in [1.82, 2.24) is 0 Å². The lowest BCUT2D eigenvalue weighted by molar-refractivity contribution is 1.62. The Hall–Kier alpha value is -0.980. The smallest absolute Gasteiger partial charge is 0.0412 e. The molecule has 0 atom stereocenters. The van der Waals surface area contributed by atoms with Crippen molar-refractivity contribution in [3.05, 3.63) is 58.6 Å². The van der Waals surface area contributed by atoms with E-state index >= 15 is 0 Å². The van der Waals surface area contributed by atoms with Gasteiger partial charge in [0, 0.05) is 10.0 Å². The van der Waals surface area contributed by atoms with Crippen molar-refractivity contribution in [3.8, 4) is 11.1 Å². The standard InChI is InChI=1S/C12H8Cl2/c13-11-5-1-3-9(7-11)10-4-2-6-12(14)8-10/h1-8H/i1+1,2+1,3+1,4+1,5+1,6+1,7+1,8+1,9+1,10+1,11+1,12+1. The van der Waals surface area contributed by atoms with Gasteiger partial charge in [-0.2, -0.15) is 0 Å². The van der Waals surface area contributed by atoms with Crippen LogP contribution in [0.1, 0.15) is 0 Å². The summed E-state index contributed by atoms with van der Waals surface area (Å²) in [5.41, 5.74) is 2.17. The SMILES string of the molecule is Cl[13c]1[13cH][13cH][13cH][13c](-[13c]2[13cH][13cH][13cH][13c](Cl)[13cH]2)[13cH]1. The molecule has 14 heavy (non-hydrogen) atoms. The number of rotatable bonds is 1. The van der Waals surface area contributed by atoms with Gasteiger partial charge in [-0.15, -0.1) is 0 Å². The first kappa shape index (κ1) is 9.57. The molecule has 0 heterocycles. The third-order valence-electron chi connectivity index (χ3n) is 1.98. The maximum Gasteiger partial charge on any atom is 0.0412 e. The Morgan fingerprint density at radius 2 is 1.07 bits per heavy atom. The molecule has 0 aliphatic heterocycles. The van der Waals surface area contributed by atoms with Crippen LogP contribution in [0.2, 0.25) is 10.0 Å². The van der Waals surface area contributed by atoms with Gasteiger partial charge in [0.2, 0.25) is 0 Å². The molecule has 0 aliphatic carbocycles. The van der Waals surface area contributed by atoms with Gasteiger partial charge in [-0.25, -0.2) is 0 Å². The fourth-order valence-corrected chi connectivity index (χ4v) is 1.72. The van der Waals surface area contributed by atoms with Crippen LogP contribution >= 0.6 is 23.2 Å². The number of benzene rings is 2. The van der Waals surface area contributed by atoms with E-state index in [2.05, 4.69) is 0 Å². The van der Waals surface area contributed by atoms with Gasteiger partial charge in [-0.05, 0) is 35.4 Å². The number of hydrogen-bond acceptors (Lipinski definition) is 0. The predicted molar refractivity (Wildman–Crippen MR) is 61.9 cm³/mol. The van der Waals surface area contributed by atoms with E-state index in [-0.39, 0.29) is 0 Å². The Morgan fingerprint density at radius 1 is 0.643 bits per heavy atom. The fraction of sp³-hybridized carbons (Fsp3) is 0. The summed E-state index contributed by atoms with van der Waals surface area (Å²) in [6.07, 6.45) is 0. The molecule has 0 saturated carbocycles. The molecule has 0 aliphatic rings. The molecule has 0 amide bonds. The zero-order valence-corrected chi connectivity index (χ0v) is 8.89. The number of hydrogen-bond donors (Lipinski definition) is 0. The molecule has 2 heteroatoms. The number of halogens is 2. The van der Waals surface area contributed by atoms with E-state index in [4.69, 9.17) is 23.2 Å². The molecule has 0 unspecified atom stereocenters. The minimum absolute atomic E-state index is 0.738. The largest absolute Gasteiger partial charge is 0.0843 e. The lowest BCUT2D eigenvalue weighted by Crippen LogP contribution is -1.76. The van der Waals surface area contributed by atoms with Gasteiger partial charge in [-0.1, -0.05) is 47.5 Å². The summed E-state index contributed by atoms with van der Waals surface area (Å²) in [5.74, 6) is 0. The van der Waals surface area contributed by atoms with Crippen LogP contribution in [0.3, 0.4) is 0 Å². The Morgan fingerprint density at radius 3 is 1.43 bits per heavy atom. The summed E-state index contributed by atoms with van der Waals surface area (Å²) in [7, 11) is 0. The first-order valence-corrected chi connectivity index (χ1v) is 5.03. The highest BCUT2D eigenvalue weighted by atomic mass is 35.5. The lowest BCUT2D eigenvalue weighted by atomic mass is 11.1. The average molecular weight is 235 g/mol. The molecule has 2 rings (SSSR count). The molecule has 2 aromatic rings. The summed E-state index contributed by atoms with van der Waals surface area (Å²) in [6.45, 7) is 0. The Kier molecular flexibility index (Phi) is 2.76. The van der Waals surface area contributed by atoms with Gasteiger partial charge in [0.15, 0.2) is 0 Å². The van der Waals surface area contributed by atoms with Crippen LogP contribution in [-0.4, -0.2) is 0 Å². The highest BCUT2D eigenvalue weighted by Gasteiger charge is 1.98. The molecule has 0 fully saturated rings. The van der Waals surface area contributed by atoms with Crippen LogP contribution in [0.4, 0.5) is 0 Å². The second kappa shape index (κ2) is 4.04. The summed E-state index contributed by atoms with van der Waals surface area (Å²) in [6, 6.07) is 15.4. The molecular weight excluding hydrogens is 227 g/mol. The van der Waals surface area contributed by atoms with E-state index in [1.807, 2.05) is 48.5 Å². The first-order valence-electron chi connectivity index (χ1n) is 4.27. The van der Waals surface area contributed by atoms with Crippen LogP contribution in [0.15, 0.2) is 48.5 Å². The average Bonchev–Trinajstić information content (AvgIpc) is 2.18. The highest BCUT2D eigenvalue weighted by Crippen LogP contribution is 2.24. The van der Waals surface area contributed by atoms with Crippen LogP contribution in [0.5, 0.6) is 0 Å². The highest BCUT2D eigenvalue weighted by molar-refractivity contribution is 6.31. The van der Waals surface area contributed by atoms with Gasteiger partial charge in [0.05, 0.1) is 0 Å². The van der Waals surface area contributed by atoms with Gasteiger partial charge in [0.1, 0.15) is 0 Å². The minimum atomic E-state index is 0.738. The van der Waals surface area contributed by atoms with Crippen molar-refractivity contribution in [1.29, 1.82) is 0 Å². The van der Waals surface area contributed by atoms with E-state index in [9.17, 15) is 0 Å². The van der Waals surface area contributed by atoms with Crippen molar-refractivity contribution < 1.29 is 0 Å². The van der Waals surface area contributed by atoms with Crippen LogP contribution in [0, 0.1) is 0 Å². The van der Waals surface area contributed by atoms with E-state index in [1.54, 1.807) is 0 Å². The minimum Gasteiger partial charge on any atom is -0.0843 e. The van der Waals surface area contributed by atoms with Crippen LogP contribution in [-0.2, 0) is 0 Å². The predicted octanol–water partition coefficient (Wildman–Crippen LogP) is 4.66. The van der Waals surface area contributed by atoms with Gasteiger partial charge in [-0.3, -0.25) is 0 Å². The third-order valence-corrected chi connectivity index (χ3v) is 2.45. The molecule has 0 radical (unpaired) electrons. The van der Waals surface area contributed by atoms with Crippen molar-refractivity contribution >= 4 is 23.2 Å². The molecule has 2 aromatic carbocycles. The molecule has 0 bridgehead atoms. The van der Waals surface area contributed by atoms with Crippen molar-refractivity contribution in [2.45, 2.75) is 0 Å². The van der Waals surface area contributed by atoms with Gasteiger partial charge < -0.3 is 0 Å². The zero-order valence-electron chi connectivity index (χ0n) is 7.37. The second-order valence-corrected chi connectivity index (χ2v) is 3.89. The topological polar surface area (TPSA) is 0 Å². The maximum atomic E-state index is 5.90. The van der Waals surface area contributed by atoms with Gasteiger partial charge >= 0.3 is 0 Å². The molecule has 0 N–H and O–H groups in total. The summed E-state index contributed by atoms with van der Waals surface area (Å²) in [5, 5.41) is 1.48. The lowest BCUT2D eigenvalue weighted by Gasteiger charge is -2.02. The molecular formula is C12H8Cl2.